The fourth-order valence-corrected chi connectivity index (χ4v) is 3.09. The third-order valence-corrected chi connectivity index (χ3v) is 4.21. The average molecular weight is 278 g/mol. The Bertz CT molecular complexity index is 448. The van der Waals surface area contributed by atoms with Crippen molar-refractivity contribution in [3.63, 3.8) is 0 Å². The van der Waals surface area contributed by atoms with Crippen molar-refractivity contribution < 1.29 is 9.84 Å². The van der Waals surface area contributed by atoms with E-state index in [1.807, 2.05) is 12.1 Å². The Morgan fingerprint density at radius 1 is 1.45 bits per heavy atom. The molecule has 112 valence electrons. The maximum absolute atomic E-state index is 10.1. The molecule has 1 N–H and O–H groups in total. The molecule has 1 aromatic rings. The number of anilines is 1. The van der Waals surface area contributed by atoms with Gasteiger partial charge in [0.05, 0.1) is 13.2 Å². The molecule has 1 aliphatic rings. The first-order chi connectivity index (χ1) is 9.54. The number of nitrogens with zero attached hydrogens (tertiary/aromatic N) is 2. The summed E-state index contributed by atoms with van der Waals surface area (Å²) in [6, 6.07) is 6.45. The lowest BCUT2D eigenvalue weighted by Crippen LogP contribution is -2.45. The van der Waals surface area contributed by atoms with Crippen LogP contribution in [0, 0.1) is 0 Å². The van der Waals surface area contributed by atoms with Crippen molar-refractivity contribution >= 4 is 5.69 Å². The van der Waals surface area contributed by atoms with Crippen LogP contribution in [0.4, 0.5) is 5.69 Å². The van der Waals surface area contributed by atoms with E-state index in [9.17, 15) is 5.11 Å². The van der Waals surface area contributed by atoms with E-state index in [0.717, 1.165) is 23.5 Å². The molecule has 0 aliphatic carbocycles. The first kappa shape index (κ1) is 15.1. The number of likely N-dealkylation sites (tertiary alicyclic amines) is 1. The van der Waals surface area contributed by atoms with Crippen molar-refractivity contribution in [3.05, 3.63) is 23.8 Å². The van der Waals surface area contributed by atoms with E-state index in [1.165, 1.54) is 19.4 Å². The zero-order chi connectivity index (χ0) is 14.7. The van der Waals surface area contributed by atoms with E-state index in [4.69, 9.17) is 4.74 Å². The number of hydrogen-bond donors (Lipinski definition) is 1. The molecular formula is C16H26N2O2. The molecule has 20 heavy (non-hydrogen) atoms. The van der Waals surface area contributed by atoms with Gasteiger partial charge in [-0.2, -0.15) is 0 Å². The molecule has 4 nitrogen and oxygen atoms in total. The second-order valence-corrected chi connectivity index (χ2v) is 5.74. The van der Waals surface area contributed by atoms with Gasteiger partial charge in [-0.3, -0.25) is 0 Å². The molecule has 1 aromatic carbocycles. The summed E-state index contributed by atoms with van der Waals surface area (Å²) in [4.78, 5) is 4.66. The Morgan fingerprint density at radius 2 is 2.20 bits per heavy atom. The van der Waals surface area contributed by atoms with Crippen molar-refractivity contribution in [3.8, 4) is 5.75 Å². The summed E-state index contributed by atoms with van der Waals surface area (Å²) in [5.74, 6) is 0.758. The van der Waals surface area contributed by atoms with Crippen LogP contribution in [0.1, 0.15) is 31.4 Å². The molecule has 2 rings (SSSR count). The zero-order valence-electron chi connectivity index (χ0n) is 13.0. The lowest BCUT2D eigenvalue weighted by molar-refractivity contribution is 0.194. The lowest BCUT2D eigenvalue weighted by atomic mass is 10.0. The first-order valence-electron chi connectivity index (χ1n) is 7.31. The van der Waals surface area contributed by atoms with Gasteiger partial charge in [-0.15, -0.1) is 0 Å². The molecule has 1 heterocycles. The van der Waals surface area contributed by atoms with Crippen LogP contribution < -0.4 is 9.64 Å². The number of ether oxygens (including phenoxy) is 1. The smallest absolute Gasteiger partial charge is 0.126 e. The number of likely N-dealkylation sites (N-methyl/N-ethyl adjacent to an activating group) is 2. The molecule has 1 aliphatic heterocycles. The second kappa shape index (κ2) is 6.46. The van der Waals surface area contributed by atoms with Gasteiger partial charge in [-0.25, -0.2) is 0 Å². The molecule has 0 bridgehead atoms. The summed E-state index contributed by atoms with van der Waals surface area (Å²) in [6.07, 6.45) is 1.88. The number of methoxy groups -OCH3 is 1. The van der Waals surface area contributed by atoms with Crippen molar-refractivity contribution in [1.29, 1.82) is 0 Å². The van der Waals surface area contributed by atoms with Gasteiger partial charge in [-0.05, 0) is 45.5 Å². The fraction of sp³-hybridized carbons (Fsp3) is 0.625. The van der Waals surface area contributed by atoms with Crippen molar-refractivity contribution in [2.45, 2.75) is 31.9 Å². The van der Waals surface area contributed by atoms with Gasteiger partial charge in [0, 0.05) is 30.9 Å². The van der Waals surface area contributed by atoms with Gasteiger partial charge >= 0.3 is 0 Å². The third-order valence-electron chi connectivity index (χ3n) is 4.21. The van der Waals surface area contributed by atoms with Crippen LogP contribution in [0.25, 0.3) is 0 Å². The maximum Gasteiger partial charge on any atom is 0.126 e. The molecule has 4 heteroatoms. The van der Waals surface area contributed by atoms with E-state index in [0.29, 0.717) is 6.04 Å². The zero-order valence-corrected chi connectivity index (χ0v) is 13.0. The highest BCUT2D eigenvalue weighted by molar-refractivity contribution is 5.60. The predicted octanol–water partition coefficient (Wildman–Crippen LogP) is 2.28. The minimum atomic E-state index is -0.537. The average Bonchev–Trinajstić information content (AvgIpc) is 2.45. The Hall–Kier alpha value is -1.26. The van der Waals surface area contributed by atoms with Gasteiger partial charge in [-0.1, -0.05) is 6.07 Å². The first-order valence-corrected chi connectivity index (χ1v) is 7.31. The van der Waals surface area contributed by atoms with Gasteiger partial charge in [0.1, 0.15) is 5.75 Å². The van der Waals surface area contributed by atoms with Crippen molar-refractivity contribution in [2.24, 2.45) is 0 Å². The number of hydrogen-bond acceptors (Lipinski definition) is 4. The Labute approximate surface area is 122 Å². The Balaban J connectivity index is 2.31. The minimum Gasteiger partial charge on any atom is -0.496 e. The lowest BCUT2D eigenvalue weighted by Gasteiger charge is -2.38. The highest BCUT2D eigenvalue weighted by Gasteiger charge is 2.25. The summed E-state index contributed by atoms with van der Waals surface area (Å²) in [7, 11) is 5.94. The normalized spacial score (nSPS) is 21.6. The standard InChI is InChI=1S/C16H26N2O2/c1-12(19)16-14(8-5-9-15(16)20-4)18(3)13-7-6-10-17(2)11-13/h5,8-9,12-13,19H,6-7,10-11H2,1-4H3/t12-,13?/m0/s1. The van der Waals surface area contributed by atoms with E-state index < -0.39 is 6.10 Å². The summed E-state index contributed by atoms with van der Waals surface area (Å²) >= 11 is 0. The summed E-state index contributed by atoms with van der Waals surface area (Å²) < 4.78 is 5.41. The fourth-order valence-electron chi connectivity index (χ4n) is 3.09. The van der Waals surface area contributed by atoms with E-state index in [1.54, 1.807) is 14.0 Å². The number of aliphatic hydroxyl groups is 1. The number of aliphatic hydroxyl groups excluding tert-OH is 1. The van der Waals surface area contributed by atoms with E-state index in [-0.39, 0.29) is 0 Å². The summed E-state index contributed by atoms with van der Waals surface area (Å²) in [5.41, 5.74) is 1.95. The van der Waals surface area contributed by atoms with Gasteiger partial charge in [0.25, 0.3) is 0 Å². The molecule has 0 radical (unpaired) electrons. The predicted molar refractivity (Wildman–Crippen MR) is 82.5 cm³/mol. The van der Waals surface area contributed by atoms with Gasteiger partial charge < -0.3 is 19.6 Å². The van der Waals surface area contributed by atoms with Crippen LogP contribution in [0.3, 0.4) is 0 Å². The van der Waals surface area contributed by atoms with Crippen LogP contribution in [0.5, 0.6) is 5.75 Å². The van der Waals surface area contributed by atoms with Gasteiger partial charge in [0.15, 0.2) is 0 Å². The summed E-state index contributed by atoms with van der Waals surface area (Å²) in [5, 5.41) is 10.1. The molecule has 1 unspecified atom stereocenters. The summed E-state index contributed by atoms with van der Waals surface area (Å²) in [6.45, 7) is 4.03. The number of benzene rings is 1. The van der Waals surface area contributed by atoms with Crippen LogP contribution in [0.15, 0.2) is 18.2 Å². The minimum absolute atomic E-state index is 0.485. The molecule has 0 saturated carbocycles. The quantitative estimate of drug-likeness (QED) is 0.916. The molecule has 0 amide bonds. The topological polar surface area (TPSA) is 35.9 Å². The second-order valence-electron chi connectivity index (χ2n) is 5.74. The monoisotopic (exact) mass is 278 g/mol. The maximum atomic E-state index is 10.1. The SMILES string of the molecule is COc1cccc(N(C)C2CCCN(C)C2)c1[C@H](C)O. The van der Waals surface area contributed by atoms with E-state index >= 15 is 0 Å². The highest BCUT2D eigenvalue weighted by Crippen LogP contribution is 2.35. The largest absolute Gasteiger partial charge is 0.496 e. The third kappa shape index (κ3) is 3.07. The molecule has 1 saturated heterocycles. The van der Waals surface area contributed by atoms with Crippen molar-refractivity contribution in [2.75, 3.05) is 39.2 Å². The molecular weight excluding hydrogens is 252 g/mol. The number of piperidine rings is 1. The number of rotatable bonds is 4. The van der Waals surface area contributed by atoms with Crippen LogP contribution >= 0.6 is 0 Å². The van der Waals surface area contributed by atoms with Gasteiger partial charge in [0.2, 0.25) is 0 Å². The van der Waals surface area contributed by atoms with E-state index in [2.05, 4.69) is 30.0 Å². The Kier molecular flexibility index (Phi) is 4.89. The van der Waals surface area contributed by atoms with Crippen LogP contribution in [0.2, 0.25) is 0 Å². The highest BCUT2D eigenvalue weighted by atomic mass is 16.5. The molecule has 0 spiro atoms. The van der Waals surface area contributed by atoms with Crippen LogP contribution in [-0.2, 0) is 0 Å². The van der Waals surface area contributed by atoms with Crippen molar-refractivity contribution in [1.82, 2.24) is 4.90 Å². The Morgan fingerprint density at radius 3 is 2.80 bits per heavy atom. The molecule has 2 atom stereocenters. The molecule has 1 fully saturated rings. The molecule has 0 aromatic heterocycles. The van der Waals surface area contributed by atoms with Crippen LogP contribution in [-0.4, -0.2) is 50.3 Å².